The van der Waals surface area contributed by atoms with Crippen molar-refractivity contribution in [2.75, 3.05) is 5.73 Å². The maximum Gasteiger partial charge on any atom is 0.156 e. The van der Waals surface area contributed by atoms with Gasteiger partial charge in [-0.3, -0.25) is 0 Å². The molecule has 0 radical (unpaired) electrons. The number of halogens is 3. The lowest BCUT2D eigenvalue weighted by Gasteiger charge is -2.09. The first kappa shape index (κ1) is 12.0. The number of nitriles is 1. The summed E-state index contributed by atoms with van der Waals surface area (Å²) in [4.78, 5) is 0. The molecule has 90 valence electrons. The fourth-order valence-electron chi connectivity index (χ4n) is 1.67. The van der Waals surface area contributed by atoms with Crippen molar-refractivity contribution >= 4 is 5.69 Å². The predicted molar refractivity (Wildman–Crippen MR) is 60.9 cm³/mol. The molecule has 0 atom stereocenters. The Bertz CT molecular complexity index is 660. The summed E-state index contributed by atoms with van der Waals surface area (Å²) >= 11 is 0. The molecule has 2 aromatic carbocycles. The van der Waals surface area contributed by atoms with Gasteiger partial charge >= 0.3 is 0 Å². The SMILES string of the molecule is N#Cc1cccc(F)c1-c1c(F)ccc(N)c1F. The number of anilines is 1. The van der Waals surface area contributed by atoms with Crippen LogP contribution in [0.25, 0.3) is 11.1 Å². The minimum atomic E-state index is -1.07. The van der Waals surface area contributed by atoms with E-state index in [4.69, 9.17) is 11.0 Å². The van der Waals surface area contributed by atoms with Gasteiger partial charge in [-0.15, -0.1) is 0 Å². The molecule has 0 saturated carbocycles. The minimum absolute atomic E-state index is 0.154. The van der Waals surface area contributed by atoms with Crippen LogP contribution in [0.2, 0.25) is 0 Å². The van der Waals surface area contributed by atoms with Gasteiger partial charge in [-0.1, -0.05) is 6.07 Å². The van der Waals surface area contributed by atoms with Gasteiger partial charge in [0, 0.05) is 5.56 Å². The standard InChI is InChI=1S/C13H7F3N2/c14-8-3-1-2-7(6-17)11(8)12-9(15)4-5-10(18)13(12)16/h1-5H,18H2. The van der Waals surface area contributed by atoms with Gasteiger partial charge in [0.1, 0.15) is 11.6 Å². The Morgan fingerprint density at radius 2 is 1.61 bits per heavy atom. The van der Waals surface area contributed by atoms with Crippen LogP contribution in [0.3, 0.4) is 0 Å². The average molecular weight is 248 g/mol. The topological polar surface area (TPSA) is 49.8 Å². The highest BCUT2D eigenvalue weighted by Crippen LogP contribution is 2.33. The molecule has 2 aromatic rings. The van der Waals surface area contributed by atoms with Crippen molar-refractivity contribution in [3.8, 4) is 17.2 Å². The van der Waals surface area contributed by atoms with Crippen LogP contribution in [0, 0.1) is 28.8 Å². The molecular formula is C13H7F3N2. The van der Waals surface area contributed by atoms with Crippen LogP contribution in [-0.4, -0.2) is 0 Å². The molecule has 0 aliphatic carbocycles. The zero-order valence-corrected chi connectivity index (χ0v) is 9.05. The molecule has 18 heavy (non-hydrogen) atoms. The molecule has 2 rings (SSSR count). The Morgan fingerprint density at radius 1 is 0.944 bits per heavy atom. The second kappa shape index (κ2) is 4.41. The quantitative estimate of drug-likeness (QED) is 0.787. The number of nitrogens with zero attached hydrogens (tertiary/aromatic N) is 1. The van der Waals surface area contributed by atoms with Crippen LogP contribution in [0.1, 0.15) is 5.56 Å². The van der Waals surface area contributed by atoms with E-state index in [0.29, 0.717) is 0 Å². The largest absolute Gasteiger partial charge is 0.396 e. The molecule has 0 heterocycles. The summed E-state index contributed by atoms with van der Waals surface area (Å²) < 4.78 is 41.1. The summed E-state index contributed by atoms with van der Waals surface area (Å²) in [5, 5.41) is 8.86. The molecule has 0 aliphatic heterocycles. The lowest BCUT2D eigenvalue weighted by atomic mass is 9.98. The van der Waals surface area contributed by atoms with Gasteiger partial charge in [0.2, 0.25) is 0 Å². The Kier molecular flexibility index (Phi) is 2.94. The van der Waals surface area contributed by atoms with E-state index in [0.717, 1.165) is 18.2 Å². The zero-order valence-electron chi connectivity index (χ0n) is 9.05. The second-order valence-electron chi connectivity index (χ2n) is 3.60. The molecule has 0 saturated heterocycles. The number of nitrogens with two attached hydrogens (primary N) is 1. The Labute approximate surface area is 101 Å². The minimum Gasteiger partial charge on any atom is -0.396 e. The van der Waals surface area contributed by atoms with Gasteiger partial charge in [0.25, 0.3) is 0 Å². The van der Waals surface area contributed by atoms with E-state index in [-0.39, 0.29) is 11.3 Å². The molecule has 0 spiro atoms. The van der Waals surface area contributed by atoms with E-state index < -0.39 is 28.6 Å². The van der Waals surface area contributed by atoms with E-state index >= 15 is 0 Å². The lowest BCUT2D eigenvalue weighted by Crippen LogP contribution is -2.00. The first-order valence-corrected chi connectivity index (χ1v) is 4.98. The number of hydrogen-bond donors (Lipinski definition) is 1. The molecule has 0 unspecified atom stereocenters. The molecule has 0 fully saturated rings. The molecule has 5 heteroatoms. The highest BCUT2D eigenvalue weighted by Gasteiger charge is 2.20. The molecule has 0 aliphatic rings. The van der Waals surface area contributed by atoms with Crippen molar-refractivity contribution in [1.82, 2.24) is 0 Å². The van der Waals surface area contributed by atoms with Gasteiger partial charge in [-0.2, -0.15) is 5.26 Å². The molecule has 0 amide bonds. The van der Waals surface area contributed by atoms with Gasteiger partial charge < -0.3 is 5.73 Å². The van der Waals surface area contributed by atoms with Crippen molar-refractivity contribution in [3.63, 3.8) is 0 Å². The number of benzene rings is 2. The summed E-state index contributed by atoms with van der Waals surface area (Å²) in [6, 6.07) is 7.26. The number of rotatable bonds is 1. The summed E-state index contributed by atoms with van der Waals surface area (Å²) in [7, 11) is 0. The van der Waals surface area contributed by atoms with E-state index in [2.05, 4.69) is 0 Å². The number of hydrogen-bond acceptors (Lipinski definition) is 2. The summed E-state index contributed by atoms with van der Waals surface area (Å²) in [5.74, 6) is -2.92. The first-order chi connectivity index (χ1) is 8.56. The van der Waals surface area contributed by atoms with Crippen LogP contribution in [0.15, 0.2) is 30.3 Å². The van der Waals surface area contributed by atoms with Crippen molar-refractivity contribution in [2.24, 2.45) is 0 Å². The van der Waals surface area contributed by atoms with Crippen molar-refractivity contribution in [1.29, 1.82) is 5.26 Å². The van der Waals surface area contributed by atoms with Gasteiger partial charge in [0.15, 0.2) is 5.82 Å². The highest BCUT2D eigenvalue weighted by molar-refractivity contribution is 5.74. The average Bonchev–Trinajstić information content (AvgIpc) is 2.36. The molecule has 2 N–H and O–H groups in total. The normalized spacial score (nSPS) is 10.1. The van der Waals surface area contributed by atoms with Crippen LogP contribution in [0.4, 0.5) is 18.9 Å². The fraction of sp³-hybridized carbons (Fsp3) is 0. The Hall–Kier alpha value is -2.48. The predicted octanol–water partition coefficient (Wildman–Crippen LogP) is 3.22. The van der Waals surface area contributed by atoms with Crippen molar-refractivity contribution in [3.05, 3.63) is 53.3 Å². The highest BCUT2D eigenvalue weighted by atomic mass is 19.1. The third kappa shape index (κ3) is 1.78. The van der Waals surface area contributed by atoms with Crippen LogP contribution in [0.5, 0.6) is 0 Å². The van der Waals surface area contributed by atoms with Gasteiger partial charge in [-0.05, 0) is 24.3 Å². The maximum atomic E-state index is 13.8. The third-order valence-corrected chi connectivity index (χ3v) is 2.51. The summed E-state index contributed by atoms with van der Waals surface area (Å²) in [5.41, 5.74) is 3.83. The van der Waals surface area contributed by atoms with E-state index in [1.54, 1.807) is 6.07 Å². The summed E-state index contributed by atoms with van der Waals surface area (Å²) in [6.07, 6.45) is 0. The van der Waals surface area contributed by atoms with E-state index in [1.165, 1.54) is 12.1 Å². The van der Waals surface area contributed by atoms with Gasteiger partial charge in [0.05, 0.1) is 22.9 Å². The molecule has 2 nitrogen and oxygen atoms in total. The van der Waals surface area contributed by atoms with Crippen LogP contribution < -0.4 is 5.73 Å². The summed E-state index contributed by atoms with van der Waals surface area (Å²) in [6.45, 7) is 0. The Morgan fingerprint density at radius 3 is 2.28 bits per heavy atom. The van der Waals surface area contributed by atoms with Crippen molar-refractivity contribution in [2.45, 2.75) is 0 Å². The second-order valence-corrected chi connectivity index (χ2v) is 3.60. The molecule has 0 bridgehead atoms. The fourth-order valence-corrected chi connectivity index (χ4v) is 1.67. The smallest absolute Gasteiger partial charge is 0.156 e. The first-order valence-electron chi connectivity index (χ1n) is 4.98. The third-order valence-electron chi connectivity index (χ3n) is 2.51. The molecule has 0 aromatic heterocycles. The van der Waals surface area contributed by atoms with E-state index in [9.17, 15) is 13.2 Å². The van der Waals surface area contributed by atoms with E-state index in [1.807, 2.05) is 0 Å². The zero-order chi connectivity index (χ0) is 13.3. The van der Waals surface area contributed by atoms with Crippen LogP contribution >= 0.6 is 0 Å². The van der Waals surface area contributed by atoms with Crippen LogP contribution in [-0.2, 0) is 0 Å². The molecular weight excluding hydrogens is 241 g/mol. The lowest BCUT2D eigenvalue weighted by molar-refractivity contribution is 0.584. The monoisotopic (exact) mass is 248 g/mol. The maximum absolute atomic E-state index is 13.8. The number of nitrogen functional groups attached to an aromatic ring is 1. The van der Waals surface area contributed by atoms with Crippen molar-refractivity contribution < 1.29 is 13.2 Å². The van der Waals surface area contributed by atoms with Gasteiger partial charge in [-0.25, -0.2) is 13.2 Å². The Balaban J connectivity index is 2.86.